The Morgan fingerprint density at radius 2 is 2.33 bits per heavy atom. The van der Waals surface area contributed by atoms with Crippen molar-refractivity contribution in [2.24, 2.45) is 11.7 Å². The Labute approximate surface area is 135 Å². The van der Waals surface area contributed by atoms with Crippen molar-refractivity contribution in [3.8, 4) is 0 Å². The third kappa shape index (κ3) is 5.09. The van der Waals surface area contributed by atoms with E-state index in [1.165, 1.54) is 6.42 Å². The summed E-state index contributed by atoms with van der Waals surface area (Å²) in [6.45, 7) is 5.20. The van der Waals surface area contributed by atoms with E-state index in [0.29, 0.717) is 12.5 Å². The summed E-state index contributed by atoms with van der Waals surface area (Å²) in [4.78, 5) is 14.4. The fraction of sp³-hybridized carbons (Fsp3) is 0.562. The second-order valence-electron chi connectivity index (χ2n) is 5.83. The number of nitrogens with zero attached hydrogens (tertiary/aromatic N) is 1. The number of nitrogens with two attached hydrogens (primary N) is 1. The van der Waals surface area contributed by atoms with Crippen LogP contribution in [0.4, 0.5) is 5.69 Å². The van der Waals surface area contributed by atoms with Gasteiger partial charge in [0.1, 0.15) is 0 Å². The van der Waals surface area contributed by atoms with Gasteiger partial charge in [0.05, 0.1) is 6.54 Å². The van der Waals surface area contributed by atoms with Gasteiger partial charge < -0.3 is 11.1 Å². The van der Waals surface area contributed by atoms with Gasteiger partial charge in [0.2, 0.25) is 5.91 Å². The van der Waals surface area contributed by atoms with Crippen LogP contribution in [-0.4, -0.2) is 37.0 Å². The number of piperidine rings is 1. The van der Waals surface area contributed by atoms with Crippen LogP contribution in [0.15, 0.2) is 22.7 Å². The van der Waals surface area contributed by atoms with Crippen LogP contribution in [0, 0.1) is 12.8 Å². The second-order valence-corrected chi connectivity index (χ2v) is 6.74. The Hall–Kier alpha value is -0.910. The van der Waals surface area contributed by atoms with Gasteiger partial charge in [0.15, 0.2) is 0 Å². The smallest absolute Gasteiger partial charge is 0.238 e. The number of hydrogen-bond acceptors (Lipinski definition) is 3. The molecule has 116 valence electrons. The van der Waals surface area contributed by atoms with E-state index in [9.17, 15) is 4.79 Å². The molecule has 0 radical (unpaired) electrons. The van der Waals surface area contributed by atoms with E-state index in [0.717, 1.165) is 48.2 Å². The zero-order valence-electron chi connectivity index (χ0n) is 12.6. The van der Waals surface area contributed by atoms with Crippen molar-refractivity contribution >= 4 is 27.5 Å². The fourth-order valence-electron chi connectivity index (χ4n) is 2.93. The van der Waals surface area contributed by atoms with E-state index in [4.69, 9.17) is 5.73 Å². The molecular weight excluding hydrogens is 330 g/mol. The van der Waals surface area contributed by atoms with Gasteiger partial charge in [0.25, 0.3) is 0 Å². The van der Waals surface area contributed by atoms with Crippen molar-refractivity contribution < 1.29 is 4.79 Å². The summed E-state index contributed by atoms with van der Waals surface area (Å²) in [5, 5.41) is 3.01. The third-order valence-corrected chi connectivity index (χ3v) is 4.50. The molecule has 2 rings (SSSR count). The van der Waals surface area contributed by atoms with Crippen LogP contribution in [0.2, 0.25) is 0 Å². The highest BCUT2D eigenvalue weighted by Gasteiger charge is 2.21. The first-order valence-electron chi connectivity index (χ1n) is 7.57. The van der Waals surface area contributed by atoms with E-state index in [1.807, 2.05) is 25.1 Å². The number of benzene rings is 1. The molecule has 3 N–H and O–H groups in total. The Balaban J connectivity index is 1.86. The SMILES string of the molecule is Cc1cc(Br)ccc1NC(=O)CN1CCCC(CCN)C1. The van der Waals surface area contributed by atoms with Gasteiger partial charge in [-0.3, -0.25) is 9.69 Å². The average Bonchev–Trinajstić information content (AvgIpc) is 2.43. The van der Waals surface area contributed by atoms with Gasteiger partial charge in [-0.1, -0.05) is 15.9 Å². The standard InChI is InChI=1S/C16H24BrN3O/c1-12-9-14(17)4-5-15(12)19-16(21)11-20-8-2-3-13(10-20)6-7-18/h4-5,9,13H,2-3,6-8,10-11,18H2,1H3,(H,19,21). The van der Waals surface area contributed by atoms with Crippen LogP contribution < -0.4 is 11.1 Å². The van der Waals surface area contributed by atoms with E-state index in [1.54, 1.807) is 0 Å². The molecule has 5 heteroatoms. The molecule has 21 heavy (non-hydrogen) atoms. The molecule has 0 bridgehead atoms. The predicted octanol–water partition coefficient (Wildman–Crippen LogP) is 2.76. The van der Waals surface area contributed by atoms with Crippen molar-refractivity contribution in [2.45, 2.75) is 26.2 Å². The maximum atomic E-state index is 12.2. The summed E-state index contributed by atoms with van der Waals surface area (Å²) < 4.78 is 1.03. The maximum Gasteiger partial charge on any atom is 0.238 e. The molecule has 1 aliphatic heterocycles. The lowest BCUT2D eigenvalue weighted by atomic mass is 9.95. The van der Waals surface area contributed by atoms with Gasteiger partial charge in [-0.25, -0.2) is 0 Å². The lowest BCUT2D eigenvalue weighted by Gasteiger charge is -2.32. The number of nitrogens with one attached hydrogen (secondary N) is 1. The third-order valence-electron chi connectivity index (χ3n) is 4.01. The highest BCUT2D eigenvalue weighted by Crippen LogP contribution is 2.21. The van der Waals surface area contributed by atoms with Gasteiger partial charge in [-0.2, -0.15) is 0 Å². The second kappa shape index (κ2) is 7.92. The van der Waals surface area contributed by atoms with E-state index < -0.39 is 0 Å². The molecule has 0 aliphatic carbocycles. The van der Waals surface area contributed by atoms with E-state index in [-0.39, 0.29) is 5.91 Å². The number of anilines is 1. The minimum atomic E-state index is 0.0637. The number of carbonyl (C=O) groups excluding carboxylic acids is 1. The molecule has 1 heterocycles. The Morgan fingerprint density at radius 1 is 1.52 bits per heavy atom. The van der Waals surface area contributed by atoms with Gasteiger partial charge >= 0.3 is 0 Å². The molecule has 1 fully saturated rings. The topological polar surface area (TPSA) is 58.4 Å². The Morgan fingerprint density at radius 3 is 3.05 bits per heavy atom. The van der Waals surface area contributed by atoms with Crippen LogP contribution in [0.5, 0.6) is 0 Å². The normalized spacial score (nSPS) is 19.5. The summed E-state index contributed by atoms with van der Waals surface area (Å²) in [6.07, 6.45) is 3.46. The minimum absolute atomic E-state index is 0.0637. The summed E-state index contributed by atoms with van der Waals surface area (Å²) in [6, 6.07) is 5.89. The molecule has 0 saturated carbocycles. The van der Waals surface area contributed by atoms with Crippen LogP contribution in [0.1, 0.15) is 24.8 Å². The molecular formula is C16H24BrN3O. The Bertz CT molecular complexity index is 490. The largest absolute Gasteiger partial charge is 0.330 e. The van der Waals surface area contributed by atoms with Crippen molar-refractivity contribution in [1.82, 2.24) is 4.90 Å². The highest BCUT2D eigenvalue weighted by molar-refractivity contribution is 9.10. The average molecular weight is 354 g/mol. The molecule has 1 saturated heterocycles. The summed E-state index contributed by atoms with van der Waals surface area (Å²) >= 11 is 3.43. The van der Waals surface area contributed by atoms with Crippen LogP contribution in [-0.2, 0) is 4.79 Å². The lowest BCUT2D eigenvalue weighted by molar-refractivity contribution is -0.117. The van der Waals surface area contributed by atoms with Crippen molar-refractivity contribution in [3.05, 3.63) is 28.2 Å². The van der Waals surface area contributed by atoms with Crippen LogP contribution in [0.3, 0.4) is 0 Å². The quantitative estimate of drug-likeness (QED) is 0.855. The number of aryl methyl sites for hydroxylation is 1. The number of halogens is 1. The fourth-order valence-corrected chi connectivity index (χ4v) is 3.40. The van der Waals surface area contributed by atoms with Crippen molar-refractivity contribution in [2.75, 3.05) is 31.5 Å². The monoisotopic (exact) mass is 353 g/mol. The summed E-state index contributed by atoms with van der Waals surface area (Å²) in [5.74, 6) is 0.708. The number of likely N-dealkylation sites (tertiary alicyclic amines) is 1. The van der Waals surface area contributed by atoms with E-state index >= 15 is 0 Å². The molecule has 1 aliphatic rings. The number of amides is 1. The molecule has 1 unspecified atom stereocenters. The molecule has 0 spiro atoms. The molecule has 0 aromatic heterocycles. The van der Waals surface area contributed by atoms with Gasteiger partial charge in [-0.15, -0.1) is 0 Å². The van der Waals surface area contributed by atoms with E-state index in [2.05, 4.69) is 26.1 Å². The van der Waals surface area contributed by atoms with Crippen molar-refractivity contribution in [1.29, 1.82) is 0 Å². The zero-order chi connectivity index (χ0) is 15.2. The summed E-state index contributed by atoms with van der Waals surface area (Å²) in [5.41, 5.74) is 7.59. The number of carbonyl (C=O) groups is 1. The zero-order valence-corrected chi connectivity index (χ0v) is 14.2. The molecule has 1 atom stereocenters. The first-order valence-corrected chi connectivity index (χ1v) is 8.36. The first kappa shape index (κ1) is 16.5. The maximum absolute atomic E-state index is 12.2. The first-order chi connectivity index (χ1) is 10.1. The summed E-state index contributed by atoms with van der Waals surface area (Å²) in [7, 11) is 0. The van der Waals surface area contributed by atoms with Gasteiger partial charge in [0, 0.05) is 16.7 Å². The Kier molecular flexibility index (Phi) is 6.21. The highest BCUT2D eigenvalue weighted by atomic mass is 79.9. The van der Waals surface area contributed by atoms with Gasteiger partial charge in [-0.05, 0) is 69.0 Å². The number of hydrogen-bond donors (Lipinski definition) is 2. The van der Waals surface area contributed by atoms with Crippen LogP contribution >= 0.6 is 15.9 Å². The van der Waals surface area contributed by atoms with Crippen molar-refractivity contribution in [3.63, 3.8) is 0 Å². The van der Waals surface area contributed by atoms with Crippen LogP contribution in [0.25, 0.3) is 0 Å². The molecule has 1 aromatic carbocycles. The minimum Gasteiger partial charge on any atom is -0.330 e. The molecule has 1 amide bonds. The number of rotatable bonds is 5. The predicted molar refractivity (Wildman–Crippen MR) is 90.3 cm³/mol. The lowest BCUT2D eigenvalue weighted by Crippen LogP contribution is -2.41. The molecule has 4 nitrogen and oxygen atoms in total. The molecule has 1 aromatic rings.